The third kappa shape index (κ3) is 3.74. The van der Waals surface area contributed by atoms with E-state index in [-0.39, 0.29) is 12.5 Å². The van der Waals surface area contributed by atoms with Crippen molar-refractivity contribution < 1.29 is 14.6 Å². The molecule has 134 valence electrons. The normalized spacial score (nSPS) is 11.3. The maximum absolute atomic E-state index is 12.0. The Labute approximate surface area is 151 Å². The van der Waals surface area contributed by atoms with Gasteiger partial charge in [-0.2, -0.15) is 0 Å². The molecule has 1 heterocycles. The van der Waals surface area contributed by atoms with E-state index in [1.54, 1.807) is 16.7 Å². The summed E-state index contributed by atoms with van der Waals surface area (Å²) in [4.78, 5) is 12.0. The fraction of sp³-hybridized carbons (Fsp3) is 0.250. The zero-order valence-electron chi connectivity index (χ0n) is 14.8. The zero-order chi connectivity index (χ0) is 18.5. The first kappa shape index (κ1) is 17.7. The van der Waals surface area contributed by atoms with Crippen molar-refractivity contribution in [1.82, 2.24) is 4.57 Å². The summed E-state index contributed by atoms with van der Waals surface area (Å²) in [6.45, 7) is 4.45. The molecule has 0 spiro atoms. The molecule has 1 N–H and O–H groups in total. The molecule has 3 rings (SSSR count). The van der Waals surface area contributed by atoms with Crippen molar-refractivity contribution in [3.8, 4) is 11.6 Å². The number of fused-ring (bicyclic) bond motifs is 1. The molecular weight excluding hydrogens is 330 g/mol. The highest BCUT2D eigenvalue weighted by Crippen LogP contribution is 2.39. The molecule has 1 amide bonds. The highest BCUT2D eigenvalue weighted by atomic mass is 16.5. The molecule has 2 aromatic carbocycles. The monoisotopic (exact) mass is 351 g/mol. The summed E-state index contributed by atoms with van der Waals surface area (Å²) >= 11 is 0. The number of rotatable bonds is 6. The first-order valence-corrected chi connectivity index (χ1v) is 8.54. The maximum Gasteiger partial charge on any atom is 0.302 e. The summed E-state index contributed by atoms with van der Waals surface area (Å²) in [5.41, 5.74) is 2.23. The lowest BCUT2D eigenvalue weighted by molar-refractivity contribution is -0.120. The average Bonchev–Trinajstić information content (AvgIpc) is 2.90. The van der Waals surface area contributed by atoms with Crippen molar-refractivity contribution in [2.24, 2.45) is 10.2 Å². The average molecular weight is 351 g/mol. The number of benzene rings is 2. The van der Waals surface area contributed by atoms with E-state index in [4.69, 9.17) is 4.74 Å². The lowest BCUT2D eigenvalue weighted by Gasteiger charge is -2.04. The van der Waals surface area contributed by atoms with Crippen LogP contribution >= 0.6 is 0 Å². The number of amides is 1. The van der Waals surface area contributed by atoms with Gasteiger partial charge < -0.3 is 14.4 Å². The minimum Gasteiger partial charge on any atom is -0.493 e. The Bertz CT molecular complexity index is 946. The number of hydrogen-bond acceptors (Lipinski definition) is 4. The van der Waals surface area contributed by atoms with E-state index in [1.165, 1.54) is 0 Å². The first-order valence-electron chi connectivity index (χ1n) is 8.54. The molecule has 6 nitrogen and oxygen atoms in total. The van der Waals surface area contributed by atoms with Crippen LogP contribution in [0.4, 0.5) is 5.69 Å². The number of azo groups is 1. The first-order chi connectivity index (χ1) is 12.6. The number of nitrogens with zero attached hydrogens (tertiary/aromatic N) is 3. The predicted octanol–water partition coefficient (Wildman–Crippen LogP) is 4.75. The highest BCUT2D eigenvalue weighted by molar-refractivity contribution is 5.95. The molecule has 3 aromatic rings. The van der Waals surface area contributed by atoms with E-state index >= 15 is 0 Å². The van der Waals surface area contributed by atoms with Gasteiger partial charge in [0.1, 0.15) is 5.75 Å². The standard InChI is InChI=1S/C20H21N3O3/c1-3-11-23-17-10-9-14(2)12-16(17)19(20(23)25)22-21-18(24)13-26-15-7-5-4-6-8-15/h4-10,12,25H,3,11,13H2,1-2H3. The lowest BCUT2D eigenvalue weighted by atomic mass is 10.1. The molecule has 6 heteroatoms. The Morgan fingerprint density at radius 1 is 1.19 bits per heavy atom. The number of aryl methyl sites for hydroxylation is 2. The molecule has 0 fully saturated rings. The van der Waals surface area contributed by atoms with Crippen LogP contribution in [0.2, 0.25) is 0 Å². The van der Waals surface area contributed by atoms with Crippen LogP contribution in [-0.2, 0) is 11.3 Å². The number of para-hydroxylation sites is 1. The second-order valence-electron chi connectivity index (χ2n) is 6.04. The van der Waals surface area contributed by atoms with Crippen molar-refractivity contribution in [3.63, 3.8) is 0 Å². The summed E-state index contributed by atoms with van der Waals surface area (Å²) in [6.07, 6.45) is 0.867. The molecule has 1 aromatic heterocycles. The van der Waals surface area contributed by atoms with Crippen LogP contribution in [0.1, 0.15) is 18.9 Å². The Morgan fingerprint density at radius 2 is 1.96 bits per heavy atom. The number of hydrogen-bond donors (Lipinski definition) is 1. The topological polar surface area (TPSA) is 76.2 Å². The van der Waals surface area contributed by atoms with E-state index in [0.717, 1.165) is 22.9 Å². The van der Waals surface area contributed by atoms with Crippen molar-refractivity contribution in [3.05, 3.63) is 54.1 Å². The SMILES string of the molecule is CCCn1c(O)c(N=NC(=O)COc2ccccc2)c2cc(C)ccc21. The van der Waals surface area contributed by atoms with E-state index < -0.39 is 5.91 Å². The van der Waals surface area contributed by atoms with Crippen LogP contribution in [0.5, 0.6) is 11.6 Å². The third-order valence-electron chi connectivity index (χ3n) is 3.98. The van der Waals surface area contributed by atoms with E-state index in [0.29, 0.717) is 18.0 Å². The lowest BCUT2D eigenvalue weighted by Crippen LogP contribution is -2.07. The quantitative estimate of drug-likeness (QED) is 0.651. The molecule has 0 aliphatic rings. The van der Waals surface area contributed by atoms with Gasteiger partial charge in [0.2, 0.25) is 5.88 Å². The zero-order valence-corrected chi connectivity index (χ0v) is 14.8. The van der Waals surface area contributed by atoms with Gasteiger partial charge in [0.15, 0.2) is 12.3 Å². The number of ether oxygens (including phenoxy) is 1. The molecular formula is C20H21N3O3. The van der Waals surface area contributed by atoms with Gasteiger partial charge in [0.05, 0.1) is 5.52 Å². The number of carbonyl (C=O) groups excluding carboxylic acids is 1. The largest absolute Gasteiger partial charge is 0.493 e. The van der Waals surface area contributed by atoms with Crippen molar-refractivity contribution >= 4 is 22.5 Å². The van der Waals surface area contributed by atoms with Crippen LogP contribution in [-0.4, -0.2) is 22.2 Å². The Hall–Kier alpha value is -3.15. The van der Waals surface area contributed by atoms with Gasteiger partial charge in [0.25, 0.3) is 0 Å². The van der Waals surface area contributed by atoms with Gasteiger partial charge >= 0.3 is 5.91 Å². The van der Waals surface area contributed by atoms with Gasteiger partial charge in [-0.15, -0.1) is 10.2 Å². The number of carbonyl (C=O) groups is 1. The molecule has 0 aliphatic carbocycles. The summed E-state index contributed by atoms with van der Waals surface area (Å²) in [5, 5.41) is 19.0. The minimum absolute atomic E-state index is 0.0213. The molecule has 0 saturated carbocycles. The van der Waals surface area contributed by atoms with E-state index in [9.17, 15) is 9.90 Å². The number of aromatic hydroxyl groups is 1. The van der Waals surface area contributed by atoms with Gasteiger partial charge in [-0.25, -0.2) is 0 Å². The highest BCUT2D eigenvalue weighted by Gasteiger charge is 2.16. The third-order valence-corrected chi connectivity index (χ3v) is 3.98. The molecule has 0 atom stereocenters. The molecule has 0 bridgehead atoms. The molecule has 26 heavy (non-hydrogen) atoms. The molecule has 0 unspecified atom stereocenters. The van der Waals surface area contributed by atoms with Crippen molar-refractivity contribution in [2.45, 2.75) is 26.8 Å². The fourth-order valence-electron chi connectivity index (χ4n) is 2.78. The second-order valence-corrected chi connectivity index (χ2v) is 6.04. The Balaban J connectivity index is 1.83. The van der Waals surface area contributed by atoms with Gasteiger partial charge in [-0.05, 0) is 37.6 Å². The predicted molar refractivity (Wildman–Crippen MR) is 100 cm³/mol. The summed E-state index contributed by atoms with van der Waals surface area (Å²) in [6, 6.07) is 14.9. The van der Waals surface area contributed by atoms with E-state index in [2.05, 4.69) is 10.2 Å². The van der Waals surface area contributed by atoms with Crippen LogP contribution in [0.25, 0.3) is 10.9 Å². The summed E-state index contributed by atoms with van der Waals surface area (Å²) < 4.78 is 7.15. The Morgan fingerprint density at radius 3 is 2.69 bits per heavy atom. The van der Waals surface area contributed by atoms with Crippen LogP contribution in [0, 0.1) is 6.92 Å². The van der Waals surface area contributed by atoms with Crippen LogP contribution < -0.4 is 4.74 Å². The summed E-state index contributed by atoms with van der Waals surface area (Å²) in [5.74, 6) is 0.0966. The second kappa shape index (κ2) is 7.82. The number of aromatic nitrogens is 1. The van der Waals surface area contributed by atoms with Crippen molar-refractivity contribution in [2.75, 3.05) is 6.61 Å². The summed E-state index contributed by atoms with van der Waals surface area (Å²) in [7, 11) is 0. The smallest absolute Gasteiger partial charge is 0.302 e. The maximum atomic E-state index is 12.0. The van der Waals surface area contributed by atoms with Crippen LogP contribution in [0.3, 0.4) is 0 Å². The molecule has 0 radical (unpaired) electrons. The van der Waals surface area contributed by atoms with Gasteiger partial charge in [-0.3, -0.25) is 4.79 Å². The van der Waals surface area contributed by atoms with Crippen LogP contribution in [0.15, 0.2) is 58.8 Å². The minimum atomic E-state index is -0.516. The van der Waals surface area contributed by atoms with Gasteiger partial charge in [-0.1, -0.05) is 36.8 Å². The van der Waals surface area contributed by atoms with E-state index in [1.807, 2.05) is 50.2 Å². The van der Waals surface area contributed by atoms with Crippen molar-refractivity contribution in [1.29, 1.82) is 0 Å². The molecule has 0 saturated heterocycles. The van der Waals surface area contributed by atoms with Gasteiger partial charge in [0, 0.05) is 11.9 Å². The Kier molecular flexibility index (Phi) is 5.31. The molecule has 0 aliphatic heterocycles. The fourth-order valence-corrected chi connectivity index (χ4v) is 2.78.